The van der Waals surface area contributed by atoms with Gasteiger partial charge in [-0.2, -0.15) is 4.99 Å². The van der Waals surface area contributed by atoms with Gasteiger partial charge in [-0.15, -0.1) is 0 Å². The van der Waals surface area contributed by atoms with Crippen LogP contribution in [0.1, 0.15) is 16.7 Å². The molecule has 7 heteroatoms. The average molecular weight is 386 g/mol. The molecule has 2 aromatic carbocycles. The fourth-order valence-electron chi connectivity index (χ4n) is 2.78. The highest BCUT2D eigenvalue weighted by Crippen LogP contribution is 2.19. The molecule has 1 heterocycles. The molecular formula is C20H19FN2O3S. The largest absolute Gasteiger partial charge is 0.468 e. The van der Waals surface area contributed by atoms with Gasteiger partial charge in [-0.3, -0.25) is 9.59 Å². The van der Waals surface area contributed by atoms with Gasteiger partial charge in [0, 0.05) is 0 Å². The highest BCUT2D eigenvalue weighted by atomic mass is 32.1. The Bertz CT molecular complexity index is 1100. The number of esters is 1. The van der Waals surface area contributed by atoms with Crippen molar-refractivity contribution in [3.63, 3.8) is 0 Å². The summed E-state index contributed by atoms with van der Waals surface area (Å²) < 4.78 is 20.5. The highest BCUT2D eigenvalue weighted by molar-refractivity contribution is 7.16. The normalized spacial score (nSPS) is 11.8. The van der Waals surface area contributed by atoms with E-state index >= 15 is 0 Å². The minimum atomic E-state index is -0.470. The number of rotatable bonds is 4. The number of aryl methyl sites for hydroxylation is 2. The van der Waals surface area contributed by atoms with Gasteiger partial charge in [0.25, 0.3) is 5.91 Å². The van der Waals surface area contributed by atoms with E-state index in [-0.39, 0.29) is 24.7 Å². The summed E-state index contributed by atoms with van der Waals surface area (Å²) in [6.45, 7) is 3.81. The number of ether oxygens (including phenoxy) is 1. The molecule has 0 fully saturated rings. The van der Waals surface area contributed by atoms with Crippen LogP contribution in [0.15, 0.2) is 41.4 Å². The van der Waals surface area contributed by atoms with Crippen LogP contribution in [0.5, 0.6) is 0 Å². The minimum Gasteiger partial charge on any atom is -0.468 e. The van der Waals surface area contributed by atoms with E-state index in [9.17, 15) is 14.0 Å². The Morgan fingerprint density at radius 2 is 1.96 bits per heavy atom. The van der Waals surface area contributed by atoms with E-state index in [2.05, 4.69) is 4.99 Å². The van der Waals surface area contributed by atoms with Gasteiger partial charge in [-0.05, 0) is 43.2 Å². The zero-order valence-corrected chi connectivity index (χ0v) is 16.1. The molecule has 0 bridgehead atoms. The van der Waals surface area contributed by atoms with Gasteiger partial charge in [-0.1, -0.05) is 35.1 Å². The second-order valence-corrected chi connectivity index (χ2v) is 7.28. The van der Waals surface area contributed by atoms with Crippen molar-refractivity contribution in [1.82, 2.24) is 4.57 Å². The summed E-state index contributed by atoms with van der Waals surface area (Å²) in [5.74, 6) is -1.18. The van der Waals surface area contributed by atoms with Crippen LogP contribution in [0, 0.1) is 19.7 Å². The molecule has 0 aliphatic rings. The maximum absolute atomic E-state index is 13.5. The average Bonchev–Trinajstić information content (AvgIpc) is 2.94. The summed E-state index contributed by atoms with van der Waals surface area (Å²) in [5.41, 5.74) is 3.63. The monoisotopic (exact) mass is 386 g/mol. The molecular weight excluding hydrogens is 367 g/mol. The van der Waals surface area contributed by atoms with Crippen LogP contribution in [-0.2, 0) is 27.3 Å². The molecule has 1 aromatic heterocycles. The van der Waals surface area contributed by atoms with Crippen LogP contribution in [0.2, 0.25) is 0 Å². The zero-order chi connectivity index (χ0) is 19.6. The Morgan fingerprint density at radius 3 is 2.70 bits per heavy atom. The number of hydrogen-bond acceptors (Lipinski definition) is 4. The highest BCUT2D eigenvalue weighted by Gasteiger charge is 2.13. The van der Waals surface area contributed by atoms with Crippen molar-refractivity contribution < 1.29 is 18.7 Å². The maximum Gasteiger partial charge on any atom is 0.325 e. The lowest BCUT2D eigenvalue weighted by molar-refractivity contribution is -0.141. The Morgan fingerprint density at radius 1 is 1.19 bits per heavy atom. The molecule has 3 aromatic rings. The van der Waals surface area contributed by atoms with Gasteiger partial charge in [0.05, 0.1) is 23.7 Å². The number of halogens is 1. The lowest BCUT2D eigenvalue weighted by Gasteiger charge is -2.05. The summed E-state index contributed by atoms with van der Waals surface area (Å²) in [6.07, 6.45) is 0.161. The van der Waals surface area contributed by atoms with Crippen LogP contribution in [0.4, 0.5) is 4.39 Å². The number of amides is 1. The summed E-state index contributed by atoms with van der Waals surface area (Å²) in [5, 5.41) is 0. The van der Waals surface area contributed by atoms with E-state index in [0.717, 1.165) is 28.0 Å². The SMILES string of the molecule is COC(=O)Cn1c(=NC(=O)Cc2cc(C)ccc2C)sc2cc(F)ccc21. The summed E-state index contributed by atoms with van der Waals surface area (Å²) in [6, 6.07) is 10.2. The van der Waals surface area contributed by atoms with Crippen molar-refractivity contribution in [2.45, 2.75) is 26.8 Å². The van der Waals surface area contributed by atoms with Gasteiger partial charge in [-0.25, -0.2) is 4.39 Å². The van der Waals surface area contributed by atoms with Gasteiger partial charge in [0.15, 0.2) is 4.80 Å². The van der Waals surface area contributed by atoms with Crippen LogP contribution >= 0.6 is 11.3 Å². The molecule has 140 valence electrons. The Hall–Kier alpha value is -2.80. The number of fused-ring (bicyclic) bond motifs is 1. The van der Waals surface area contributed by atoms with Crippen LogP contribution in [-0.4, -0.2) is 23.6 Å². The van der Waals surface area contributed by atoms with Gasteiger partial charge >= 0.3 is 5.97 Å². The van der Waals surface area contributed by atoms with E-state index < -0.39 is 5.97 Å². The van der Waals surface area contributed by atoms with Gasteiger partial charge < -0.3 is 9.30 Å². The van der Waals surface area contributed by atoms with E-state index in [1.54, 1.807) is 10.6 Å². The fraction of sp³-hybridized carbons (Fsp3) is 0.250. The topological polar surface area (TPSA) is 60.7 Å². The second-order valence-electron chi connectivity index (χ2n) is 6.27. The molecule has 0 N–H and O–H groups in total. The van der Waals surface area contributed by atoms with Gasteiger partial charge in [0.2, 0.25) is 0 Å². The molecule has 0 spiro atoms. The number of aromatic nitrogens is 1. The van der Waals surface area contributed by atoms with Crippen molar-refractivity contribution >= 4 is 33.4 Å². The standard InChI is InChI=1S/C20H19FN2O3S/c1-12-4-5-13(2)14(8-12)9-18(24)22-20-23(11-19(25)26-3)16-7-6-15(21)10-17(16)27-20/h4-8,10H,9,11H2,1-3H3. The smallest absolute Gasteiger partial charge is 0.325 e. The first kappa shape index (κ1) is 19.0. The number of thiazole rings is 1. The minimum absolute atomic E-state index is 0.0995. The molecule has 1 amide bonds. The van der Waals surface area contributed by atoms with E-state index in [1.807, 2.05) is 32.0 Å². The molecule has 5 nitrogen and oxygen atoms in total. The lowest BCUT2D eigenvalue weighted by atomic mass is 10.0. The number of carbonyl (C=O) groups is 2. The molecule has 0 aliphatic carbocycles. The van der Waals surface area contributed by atoms with Crippen LogP contribution in [0.25, 0.3) is 10.2 Å². The predicted octanol–water partition coefficient (Wildman–Crippen LogP) is 3.30. The summed E-state index contributed by atoms with van der Waals surface area (Å²) >= 11 is 1.16. The molecule has 0 unspecified atom stereocenters. The Kier molecular flexibility index (Phi) is 5.51. The first-order valence-electron chi connectivity index (χ1n) is 8.37. The second kappa shape index (κ2) is 7.84. The van der Waals surface area contributed by atoms with Gasteiger partial charge in [0.1, 0.15) is 12.4 Å². The van der Waals surface area contributed by atoms with Crippen molar-refractivity contribution in [3.05, 3.63) is 63.7 Å². The number of hydrogen-bond donors (Lipinski definition) is 0. The predicted molar refractivity (Wildman–Crippen MR) is 102 cm³/mol. The molecule has 0 saturated heterocycles. The first-order chi connectivity index (χ1) is 12.9. The number of benzene rings is 2. The van der Waals surface area contributed by atoms with Crippen molar-refractivity contribution in [2.75, 3.05) is 7.11 Å². The van der Waals surface area contributed by atoms with Crippen molar-refractivity contribution in [1.29, 1.82) is 0 Å². The van der Waals surface area contributed by atoms with Crippen molar-refractivity contribution in [2.24, 2.45) is 4.99 Å². The van der Waals surface area contributed by atoms with E-state index in [0.29, 0.717) is 15.0 Å². The Balaban J connectivity index is 2.03. The molecule has 0 atom stereocenters. The first-order valence-corrected chi connectivity index (χ1v) is 9.18. The third-order valence-corrected chi connectivity index (χ3v) is 5.27. The molecule has 0 radical (unpaired) electrons. The van der Waals surface area contributed by atoms with E-state index in [1.165, 1.54) is 19.2 Å². The number of carbonyl (C=O) groups excluding carboxylic acids is 2. The van der Waals surface area contributed by atoms with E-state index in [4.69, 9.17) is 4.74 Å². The number of methoxy groups -OCH3 is 1. The Labute approximate surface area is 159 Å². The third kappa shape index (κ3) is 4.31. The summed E-state index contributed by atoms with van der Waals surface area (Å²) in [7, 11) is 1.29. The molecule has 0 aliphatic heterocycles. The molecule has 3 rings (SSSR count). The zero-order valence-electron chi connectivity index (χ0n) is 15.3. The van der Waals surface area contributed by atoms with Crippen molar-refractivity contribution in [3.8, 4) is 0 Å². The molecule has 0 saturated carbocycles. The molecule has 27 heavy (non-hydrogen) atoms. The summed E-state index contributed by atoms with van der Waals surface area (Å²) in [4.78, 5) is 28.8. The van der Waals surface area contributed by atoms with Crippen LogP contribution in [0.3, 0.4) is 0 Å². The quantitative estimate of drug-likeness (QED) is 0.647. The third-order valence-electron chi connectivity index (χ3n) is 4.23. The fourth-order valence-corrected chi connectivity index (χ4v) is 3.85. The van der Waals surface area contributed by atoms with Crippen LogP contribution < -0.4 is 4.80 Å². The number of nitrogens with zero attached hydrogens (tertiary/aromatic N) is 2. The maximum atomic E-state index is 13.5. The lowest BCUT2D eigenvalue weighted by Crippen LogP contribution is -2.22.